The van der Waals surface area contributed by atoms with Crippen molar-refractivity contribution in [1.82, 2.24) is 19.5 Å². The summed E-state index contributed by atoms with van der Waals surface area (Å²) in [6.07, 6.45) is 4.05. The predicted octanol–water partition coefficient (Wildman–Crippen LogP) is 2.26. The standard InChI is InChI=1S/C15H14N4O/c1-2-8-19-10-17-14-13(15(19)20)18-12(9-16-14)11-6-4-3-5-7-11/h3-7,9-10H,2,8H2,1H3. The molecule has 0 unspecified atom stereocenters. The van der Waals surface area contributed by atoms with E-state index in [1.807, 2.05) is 37.3 Å². The summed E-state index contributed by atoms with van der Waals surface area (Å²) < 4.78 is 1.58. The van der Waals surface area contributed by atoms with Gasteiger partial charge in [-0.2, -0.15) is 0 Å². The number of benzene rings is 1. The molecular weight excluding hydrogens is 252 g/mol. The van der Waals surface area contributed by atoms with Gasteiger partial charge in [-0.15, -0.1) is 0 Å². The Morgan fingerprint density at radius 3 is 2.70 bits per heavy atom. The van der Waals surface area contributed by atoms with Crippen LogP contribution in [0.1, 0.15) is 13.3 Å². The average molecular weight is 266 g/mol. The Hall–Kier alpha value is -2.56. The van der Waals surface area contributed by atoms with Gasteiger partial charge in [0.15, 0.2) is 11.2 Å². The van der Waals surface area contributed by atoms with Crippen molar-refractivity contribution in [3.05, 3.63) is 53.2 Å². The van der Waals surface area contributed by atoms with E-state index >= 15 is 0 Å². The molecule has 0 radical (unpaired) electrons. The normalized spacial score (nSPS) is 10.8. The number of nitrogens with zero attached hydrogens (tertiary/aromatic N) is 4. The van der Waals surface area contributed by atoms with Gasteiger partial charge in [-0.3, -0.25) is 9.36 Å². The van der Waals surface area contributed by atoms with Crippen LogP contribution in [0.25, 0.3) is 22.4 Å². The molecule has 0 saturated heterocycles. The van der Waals surface area contributed by atoms with Gasteiger partial charge in [-0.25, -0.2) is 15.0 Å². The van der Waals surface area contributed by atoms with Crippen LogP contribution in [0.2, 0.25) is 0 Å². The molecule has 1 aromatic carbocycles. The summed E-state index contributed by atoms with van der Waals surface area (Å²) in [5.41, 5.74) is 2.20. The Morgan fingerprint density at radius 1 is 1.15 bits per heavy atom. The summed E-state index contributed by atoms with van der Waals surface area (Å²) in [5.74, 6) is 0. The van der Waals surface area contributed by atoms with Crippen molar-refractivity contribution in [2.75, 3.05) is 0 Å². The van der Waals surface area contributed by atoms with E-state index < -0.39 is 0 Å². The van der Waals surface area contributed by atoms with Gasteiger partial charge >= 0.3 is 0 Å². The van der Waals surface area contributed by atoms with Gasteiger partial charge < -0.3 is 0 Å². The molecule has 5 heteroatoms. The number of hydrogen-bond acceptors (Lipinski definition) is 4. The first-order chi connectivity index (χ1) is 9.79. The molecule has 0 aliphatic rings. The largest absolute Gasteiger partial charge is 0.297 e. The van der Waals surface area contributed by atoms with E-state index in [4.69, 9.17) is 0 Å². The quantitative estimate of drug-likeness (QED) is 0.729. The first-order valence-corrected chi connectivity index (χ1v) is 6.57. The highest BCUT2D eigenvalue weighted by molar-refractivity contribution is 5.72. The average Bonchev–Trinajstić information content (AvgIpc) is 2.51. The van der Waals surface area contributed by atoms with Crippen LogP contribution in [0.5, 0.6) is 0 Å². The molecule has 3 rings (SSSR count). The molecular formula is C15H14N4O. The van der Waals surface area contributed by atoms with E-state index in [0.717, 1.165) is 12.0 Å². The van der Waals surface area contributed by atoms with Gasteiger partial charge in [0.2, 0.25) is 0 Å². The molecule has 0 fully saturated rings. The first-order valence-electron chi connectivity index (χ1n) is 6.57. The molecule has 2 aromatic heterocycles. The van der Waals surface area contributed by atoms with E-state index in [-0.39, 0.29) is 5.56 Å². The van der Waals surface area contributed by atoms with E-state index in [9.17, 15) is 4.79 Å². The van der Waals surface area contributed by atoms with E-state index in [1.54, 1.807) is 10.8 Å². The molecule has 0 amide bonds. The summed E-state index contributed by atoms with van der Waals surface area (Å²) >= 11 is 0. The summed E-state index contributed by atoms with van der Waals surface area (Å²) in [6.45, 7) is 2.65. The van der Waals surface area contributed by atoms with Gasteiger partial charge in [0.25, 0.3) is 5.56 Å². The van der Waals surface area contributed by atoms with E-state index in [0.29, 0.717) is 23.4 Å². The topological polar surface area (TPSA) is 60.7 Å². The lowest BCUT2D eigenvalue weighted by atomic mass is 10.2. The molecule has 20 heavy (non-hydrogen) atoms. The minimum Gasteiger partial charge on any atom is -0.297 e. The van der Waals surface area contributed by atoms with Crippen molar-refractivity contribution >= 4 is 11.2 Å². The van der Waals surface area contributed by atoms with Gasteiger partial charge in [-0.1, -0.05) is 37.3 Å². The van der Waals surface area contributed by atoms with Crippen molar-refractivity contribution < 1.29 is 0 Å². The van der Waals surface area contributed by atoms with Crippen molar-refractivity contribution in [3.63, 3.8) is 0 Å². The summed E-state index contributed by atoms with van der Waals surface area (Å²) in [6, 6.07) is 9.68. The molecule has 5 nitrogen and oxygen atoms in total. The lowest BCUT2D eigenvalue weighted by Crippen LogP contribution is -2.21. The molecule has 0 saturated carbocycles. The highest BCUT2D eigenvalue weighted by Gasteiger charge is 2.08. The Kier molecular flexibility index (Phi) is 3.25. The summed E-state index contributed by atoms with van der Waals surface area (Å²) in [4.78, 5) is 25.2. The second-order valence-corrected chi connectivity index (χ2v) is 4.54. The van der Waals surface area contributed by atoms with Crippen molar-refractivity contribution in [2.45, 2.75) is 19.9 Å². The fraction of sp³-hybridized carbons (Fsp3) is 0.200. The molecule has 0 aliphatic heterocycles. The number of hydrogen-bond donors (Lipinski definition) is 0. The zero-order chi connectivity index (χ0) is 13.9. The zero-order valence-corrected chi connectivity index (χ0v) is 11.2. The van der Waals surface area contributed by atoms with Crippen molar-refractivity contribution in [2.24, 2.45) is 0 Å². The number of fused-ring (bicyclic) bond motifs is 1. The van der Waals surface area contributed by atoms with Crippen molar-refractivity contribution in [3.8, 4) is 11.3 Å². The maximum atomic E-state index is 12.3. The van der Waals surface area contributed by atoms with Gasteiger partial charge in [-0.05, 0) is 6.42 Å². The zero-order valence-electron chi connectivity index (χ0n) is 11.2. The van der Waals surface area contributed by atoms with Crippen LogP contribution < -0.4 is 5.56 Å². The van der Waals surface area contributed by atoms with Crippen LogP contribution >= 0.6 is 0 Å². The van der Waals surface area contributed by atoms with Gasteiger partial charge in [0, 0.05) is 12.1 Å². The van der Waals surface area contributed by atoms with Crippen LogP contribution in [0, 0.1) is 0 Å². The maximum Gasteiger partial charge on any atom is 0.281 e. The molecule has 0 N–H and O–H groups in total. The summed E-state index contributed by atoms with van der Waals surface area (Å²) in [7, 11) is 0. The van der Waals surface area contributed by atoms with E-state index in [1.165, 1.54) is 6.33 Å². The van der Waals surface area contributed by atoms with Crippen LogP contribution in [0.15, 0.2) is 47.7 Å². The van der Waals surface area contributed by atoms with Crippen molar-refractivity contribution in [1.29, 1.82) is 0 Å². The number of rotatable bonds is 3. The lowest BCUT2D eigenvalue weighted by Gasteiger charge is -2.05. The smallest absolute Gasteiger partial charge is 0.281 e. The van der Waals surface area contributed by atoms with Gasteiger partial charge in [0.1, 0.15) is 6.33 Å². The number of aromatic nitrogens is 4. The van der Waals surface area contributed by atoms with E-state index in [2.05, 4.69) is 15.0 Å². The molecule has 0 bridgehead atoms. The SMILES string of the molecule is CCCn1cnc2ncc(-c3ccccc3)nc2c1=O. The third-order valence-corrected chi connectivity index (χ3v) is 3.07. The minimum atomic E-state index is -0.137. The third-order valence-electron chi connectivity index (χ3n) is 3.07. The number of aryl methyl sites for hydroxylation is 1. The Labute approximate surface area is 116 Å². The Bertz CT molecular complexity index is 796. The highest BCUT2D eigenvalue weighted by Crippen LogP contribution is 2.16. The molecule has 0 aliphatic carbocycles. The highest BCUT2D eigenvalue weighted by atomic mass is 16.1. The molecule has 0 atom stereocenters. The maximum absolute atomic E-state index is 12.3. The molecule has 2 heterocycles. The van der Waals surface area contributed by atoms with Crippen LogP contribution in [-0.4, -0.2) is 19.5 Å². The molecule has 100 valence electrons. The Morgan fingerprint density at radius 2 is 1.95 bits per heavy atom. The van der Waals surface area contributed by atoms with Crippen LogP contribution in [0.4, 0.5) is 0 Å². The molecule has 0 spiro atoms. The monoisotopic (exact) mass is 266 g/mol. The summed E-state index contributed by atoms with van der Waals surface area (Å²) in [5, 5.41) is 0. The second-order valence-electron chi connectivity index (χ2n) is 4.54. The van der Waals surface area contributed by atoms with Gasteiger partial charge in [0.05, 0.1) is 11.9 Å². The fourth-order valence-corrected chi connectivity index (χ4v) is 2.08. The Balaban J connectivity index is 2.19. The third kappa shape index (κ3) is 2.18. The predicted molar refractivity (Wildman–Crippen MR) is 77.3 cm³/mol. The second kappa shape index (κ2) is 5.21. The fourth-order valence-electron chi connectivity index (χ4n) is 2.08. The molecule has 3 aromatic rings. The first kappa shape index (κ1) is 12.5. The lowest BCUT2D eigenvalue weighted by molar-refractivity contribution is 0.646. The van der Waals surface area contributed by atoms with Crippen LogP contribution in [0.3, 0.4) is 0 Å². The minimum absolute atomic E-state index is 0.137. The van der Waals surface area contributed by atoms with Crippen LogP contribution in [-0.2, 0) is 6.54 Å².